The number of hydrogen-bond acceptors (Lipinski definition) is 3. The minimum Gasteiger partial charge on any atom is -0.355 e. The molecule has 0 aliphatic rings. The van der Waals surface area contributed by atoms with E-state index in [0.717, 1.165) is 0 Å². The molecule has 0 radical (unpaired) electrons. The van der Waals surface area contributed by atoms with Gasteiger partial charge in [0.2, 0.25) is 11.8 Å². The van der Waals surface area contributed by atoms with Crippen molar-refractivity contribution >= 4 is 11.8 Å². The van der Waals surface area contributed by atoms with Crippen molar-refractivity contribution in [2.24, 2.45) is 5.92 Å². The molecule has 1 atom stereocenters. The van der Waals surface area contributed by atoms with E-state index in [1.165, 1.54) is 11.1 Å². The van der Waals surface area contributed by atoms with E-state index in [1.807, 2.05) is 6.92 Å². The van der Waals surface area contributed by atoms with Crippen molar-refractivity contribution in [3.8, 4) is 0 Å². The van der Waals surface area contributed by atoms with Gasteiger partial charge in [-0.2, -0.15) is 0 Å². The van der Waals surface area contributed by atoms with Gasteiger partial charge >= 0.3 is 0 Å². The van der Waals surface area contributed by atoms with Gasteiger partial charge in [0.25, 0.3) is 0 Å². The predicted molar refractivity (Wildman–Crippen MR) is 97.8 cm³/mol. The third-order valence-electron chi connectivity index (χ3n) is 3.93. The molecule has 1 rings (SSSR count). The molecule has 2 amide bonds. The zero-order valence-electron chi connectivity index (χ0n) is 15.5. The zero-order valence-corrected chi connectivity index (χ0v) is 15.5. The summed E-state index contributed by atoms with van der Waals surface area (Å²) < 4.78 is 0. The van der Waals surface area contributed by atoms with Crippen LogP contribution in [0.15, 0.2) is 24.3 Å². The highest BCUT2D eigenvalue weighted by atomic mass is 16.2. The van der Waals surface area contributed by atoms with Gasteiger partial charge in [-0.1, -0.05) is 52.0 Å². The highest BCUT2D eigenvalue weighted by Gasteiger charge is 2.17. The molecule has 3 N–H and O–H groups in total. The number of hydrogen-bond donors (Lipinski definition) is 3. The summed E-state index contributed by atoms with van der Waals surface area (Å²) in [6, 6.07) is 8.64. The Hall–Kier alpha value is -1.88. The molecule has 5 heteroatoms. The molecule has 5 nitrogen and oxygen atoms in total. The van der Waals surface area contributed by atoms with E-state index in [2.05, 4.69) is 67.9 Å². The molecule has 0 saturated carbocycles. The lowest BCUT2D eigenvalue weighted by molar-refractivity contribution is -0.125. The van der Waals surface area contributed by atoms with Crippen LogP contribution in [0.1, 0.15) is 57.7 Å². The fourth-order valence-corrected chi connectivity index (χ4v) is 2.53. The Morgan fingerprint density at radius 3 is 1.92 bits per heavy atom. The maximum absolute atomic E-state index is 11.9. The number of benzene rings is 1. The van der Waals surface area contributed by atoms with Gasteiger partial charge in [0.05, 0.1) is 13.1 Å². The Bertz CT molecular complexity index is 524. The summed E-state index contributed by atoms with van der Waals surface area (Å²) in [5.41, 5.74) is 2.48. The van der Waals surface area contributed by atoms with Crippen molar-refractivity contribution in [3.05, 3.63) is 35.4 Å². The summed E-state index contributed by atoms with van der Waals surface area (Å²) in [6.07, 6.45) is 0. The Balaban J connectivity index is 2.57. The number of carbonyl (C=O) groups is 2. The number of nitrogens with one attached hydrogen (secondary N) is 3. The lowest BCUT2D eigenvalue weighted by atomic mass is 9.93. The average Bonchev–Trinajstić information content (AvgIpc) is 2.53. The van der Waals surface area contributed by atoms with Crippen LogP contribution in [-0.2, 0) is 9.59 Å². The van der Waals surface area contributed by atoms with E-state index in [-0.39, 0.29) is 30.9 Å². The van der Waals surface area contributed by atoms with Gasteiger partial charge in [0.1, 0.15) is 0 Å². The zero-order chi connectivity index (χ0) is 18.1. The number of amides is 2. The Kier molecular flexibility index (Phi) is 8.47. The maximum atomic E-state index is 11.9. The summed E-state index contributed by atoms with van der Waals surface area (Å²) >= 11 is 0. The largest absolute Gasteiger partial charge is 0.355 e. The van der Waals surface area contributed by atoms with Gasteiger partial charge in [0, 0.05) is 12.6 Å². The molecule has 24 heavy (non-hydrogen) atoms. The first-order valence-electron chi connectivity index (χ1n) is 8.71. The molecule has 0 bridgehead atoms. The highest BCUT2D eigenvalue weighted by molar-refractivity contribution is 5.85. The van der Waals surface area contributed by atoms with Crippen LogP contribution in [0.25, 0.3) is 0 Å². The van der Waals surface area contributed by atoms with Crippen molar-refractivity contribution in [3.63, 3.8) is 0 Å². The van der Waals surface area contributed by atoms with E-state index in [9.17, 15) is 9.59 Å². The molecule has 0 aliphatic carbocycles. The van der Waals surface area contributed by atoms with Gasteiger partial charge in [0.15, 0.2) is 0 Å². The van der Waals surface area contributed by atoms with Crippen molar-refractivity contribution in [2.45, 2.75) is 46.6 Å². The Morgan fingerprint density at radius 1 is 0.875 bits per heavy atom. The molecule has 0 unspecified atom stereocenters. The van der Waals surface area contributed by atoms with Crippen LogP contribution < -0.4 is 16.0 Å². The van der Waals surface area contributed by atoms with Crippen LogP contribution in [0.5, 0.6) is 0 Å². The molecule has 0 spiro atoms. The molecule has 0 fully saturated rings. The second-order valence-corrected chi connectivity index (χ2v) is 6.65. The molecule has 0 aromatic heterocycles. The smallest absolute Gasteiger partial charge is 0.239 e. The first-order chi connectivity index (χ1) is 11.3. The van der Waals surface area contributed by atoms with Crippen LogP contribution in [0.2, 0.25) is 0 Å². The molecule has 1 aromatic carbocycles. The topological polar surface area (TPSA) is 70.2 Å². The lowest BCUT2D eigenvalue weighted by Gasteiger charge is -2.23. The predicted octanol–water partition coefficient (Wildman–Crippen LogP) is 2.35. The maximum Gasteiger partial charge on any atom is 0.239 e. The second kappa shape index (κ2) is 10.1. The summed E-state index contributed by atoms with van der Waals surface area (Å²) in [7, 11) is 0. The molecule has 134 valence electrons. The van der Waals surface area contributed by atoms with Crippen LogP contribution in [0.4, 0.5) is 0 Å². The van der Waals surface area contributed by atoms with Crippen molar-refractivity contribution in [1.82, 2.24) is 16.0 Å². The normalized spacial score (nSPS) is 12.3. The van der Waals surface area contributed by atoms with Gasteiger partial charge in [-0.05, 0) is 29.9 Å². The molecule has 1 aromatic rings. The van der Waals surface area contributed by atoms with E-state index in [1.54, 1.807) is 0 Å². The van der Waals surface area contributed by atoms with Gasteiger partial charge in [-0.3, -0.25) is 9.59 Å². The van der Waals surface area contributed by atoms with Gasteiger partial charge in [-0.15, -0.1) is 0 Å². The average molecular weight is 333 g/mol. The molecule has 0 aliphatic heterocycles. The highest BCUT2D eigenvalue weighted by Crippen LogP contribution is 2.23. The van der Waals surface area contributed by atoms with E-state index < -0.39 is 0 Å². The Morgan fingerprint density at radius 2 is 1.42 bits per heavy atom. The summed E-state index contributed by atoms with van der Waals surface area (Å²) in [4.78, 5) is 23.3. The fourth-order valence-electron chi connectivity index (χ4n) is 2.53. The van der Waals surface area contributed by atoms with Crippen LogP contribution >= 0.6 is 0 Å². The second-order valence-electron chi connectivity index (χ2n) is 6.65. The van der Waals surface area contributed by atoms with Crippen molar-refractivity contribution in [2.75, 3.05) is 19.6 Å². The van der Waals surface area contributed by atoms with Gasteiger partial charge < -0.3 is 16.0 Å². The number of likely N-dealkylation sites (N-methyl/N-ethyl adjacent to an activating group) is 1. The van der Waals surface area contributed by atoms with Crippen LogP contribution in [0.3, 0.4) is 0 Å². The standard InChI is InChI=1S/C19H31N3O2/c1-6-20-17(23)11-21-18(24)12-22-19(14(4)5)16-9-7-15(8-10-16)13(2)3/h7-10,13-14,19,22H,6,11-12H2,1-5H3,(H,20,23)(H,21,24)/t19-/m1/s1. The lowest BCUT2D eigenvalue weighted by Crippen LogP contribution is -2.42. The summed E-state index contributed by atoms with van der Waals surface area (Å²) in [5.74, 6) is 0.511. The van der Waals surface area contributed by atoms with Gasteiger partial charge in [-0.25, -0.2) is 0 Å². The minimum atomic E-state index is -0.175. The van der Waals surface area contributed by atoms with Crippen LogP contribution in [0, 0.1) is 5.92 Å². The fraction of sp³-hybridized carbons (Fsp3) is 0.579. The van der Waals surface area contributed by atoms with E-state index in [4.69, 9.17) is 0 Å². The molecule has 0 saturated heterocycles. The molecule has 0 heterocycles. The SMILES string of the molecule is CCNC(=O)CNC(=O)CN[C@@H](c1ccc(C(C)C)cc1)C(C)C. The van der Waals surface area contributed by atoms with E-state index >= 15 is 0 Å². The van der Waals surface area contributed by atoms with Crippen LogP contribution in [-0.4, -0.2) is 31.4 Å². The van der Waals surface area contributed by atoms with Crippen molar-refractivity contribution in [1.29, 1.82) is 0 Å². The first kappa shape index (κ1) is 20.2. The Labute approximate surface area is 145 Å². The molecular formula is C19H31N3O2. The third kappa shape index (κ3) is 6.71. The quantitative estimate of drug-likeness (QED) is 0.650. The first-order valence-corrected chi connectivity index (χ1v) is 8.71. The number of carbonyl (C=O) groups excluding carboxylic acids is 2. The van der Waals surface area contributed by atoms with E-state index in [0.29, 0.717) is 18.4 Å². The third-order valence-corrected chi connectivity index (χ3v) is 3.93. The summed E-state index contributed by atoms with van der Waals surface area (Å²) in [5, 5.41) is 8.57. The summed E-state index contributed by atoms with van der Waals surface area (Å²) in [6.45, 7) is 11.2. The monoisotopic (exact) mass is 333 g/mol. The minimum absolute atomic E-state index is 0.0176. The number of rotatable bonds is 9. The van der Waals surface area contributed by atoms with Crippen molar-refractivity contribution < 1.29 is 9.59 Å². The molecular weight excluding hydrogens is 302 g/mol.